The van der Waals surface area contributed by atoms with Gasteiger partial charge in [0.15, 0.2) is 5.84 Å². The molecule has 7 heteroatoms. The first-order valence-corrected chi connectivity index (χ1v) is 5.99. The summed E-state index contributed by atoms with van der Waals surface area (Å²) >= 11 is 5.66. The molecule has 0 unspecified atom stereocenters. The van der Waals surface area contributed by atoms with Gasteiger partial charge in [0.25, 0.3) is 6.54 Å². The number of hydrogen-bond donors (Lipinski definition) is 1. The SMILES string of the molecule is CCCNC(C[N+](=O)[O-])=NCc1ccc(Cl)nc1. The highest BCUT2D eigenvalue weighted by Crippen LogP contribution is 2.06. The van der Waals surface area contributed by atoms with Crippen molar-refractivity contribution in [2.24, 2.45) is 4.99 Å². The molecule has 0 saturated carbocycles. The third-order valence-corrected chi connectivity index (χ3v) is 2.32. The first kappa shape index (κ1) is 14.4. The summed E-state index contributed by atoms with van der Waals surface area (Å²) in [4.78, 5) is 18.2. The van der Waals surface area contributed by atoms with Crippen LogP contribution in [0.25, 0.3) is 0 Å². The molecule has 0 radical (unpaired) electrons. The molecule has 0 amide bonds. The lowest BCUT2D eigenvalue weighted by molar-refractivity contribution is -0.463. The van der Waals surface area contributed by atoms with Crippen LogP contribution in [-0.2, 0) is 6.54 Å². The van der Waals surface area contributed by atoms with Crippen LogP contribution >= 0.6 is 11.6 Å². The lowest BCUT2D eigenvalue weighted by atomic mass is 10.3. The molecule has 1 aromatic heterocycles. The Bertz CT molecular complexity index is 420. The average molecular weight is 271 g/mol. The molecule has 0 spiro atoms. The summed E-state index contributed by atoms with van der Waals surface area (Å²) < 4.78 is 0. The molecule has 18 heavy (non-hydrogen) atoms. The Balaban J connectivity index is 2.63. The van der Waals surface area contributed by atoms with Gasteiger partial charge in [-0.2, -0.15) is 0 Å². The van der Waals surface area contributed by atoms with Crippen molar-refractivity contribution in [1.82, 2.24) is 10.3 Å². The van der Waals surface area contributed by atoms with E-state index in [0.717, 1.165) is 12.0 Å². The van der Waals surface area contributed by atoms with Crippen molar-refractivity contribution < 1.29 is 4.92 Å². The fourth-order valence-electron chi connectivity index (χ4n) is 1.24. The number of hydrogen-bond acceptors (Lipinski definition) is 4. The van der Waals surface area contributed by atoms with Crippen LogP contribution in [0.3, 0.4) is 0 Å². The van der Waals surface area contributed by atoms with E-state index >= 15 is 0 Å². The second-order valence-corrected chi connectivity index (χ2v) is 4.06. The zero-order chi connectivity index (χ0) is 13.4. The standard InChI is InChI=1S/C11H15ClN4O2/c1-2-5-13-11(8-16(17)18)15-7-9-3-4-10(12)14-6-9/h3-4,6H,2,5,7-8H2,1H3,(H,13,15). The molecule has 0 aliphatic heterocycles. The van der Waals surface area contributed by atoms with Crippen LogP contribution in [0.1, 0.15) is 18.9 Å². The number of aromatic nitrogens is 1. The largest absolute Gasteiger partial charge is 0.368 e. The number of nitrogens with zero attached hydrogens (tertiary/aromatic N) is 3. The monoisotopic (exact) mass is 270 g/mol. The Morgan fingerprint density at radius 2 is 2.39 bits per heavy atom. The van der Waals surface area contributed by atoms with Gasteiger partial charge >= 0.3 is 0 Å². The van der Waals surface area contributed by atoms with Crippen LogP contribution in [0.4, 0.5) is 0 Å². The van der Waals surface area contributed by atoms with Gasteiger partial charge in [0.1, 0.15) is 5.15 Å². The zero-order valence-corrected chi connectivity index (χ0v) is 10.9. The van der Waals surface area contributed by atoms with E-state index in [0.29, 0.717) is 24.1 Å². The number of nitrogens with one attached hydrogen (secondary N) is 1. The van der Waals surface area contributed by atoms with Gasteiger partial charge in [-0.3, -0.25) is 15.1 Å². The Labute approximate surface area is 110 Å². The Morgan fingerprint density at radius 1 is 1.61 bits per heavy atom. The van der Waals surface area contributed by atoms with Gasteiger partial charge in [-0.05, 0) is 18.1 Å². The minimum atomic E-state index is -0.401. The zero-order valence-electron chi connectivity index (χ0n) is 10.1. The Kier molecular flexibility index (Phi) is 6.07. The molecule has 1 heterocycles. The molecule has 0 atom stereocenters. The van der Waals surface area contributed by atoms with Crippen molar-refractivity contribution in [3.05, 3.63) is 39.2 Å². The van der Waals surface area contributed by atoms with E-state index in [1.165, 1.54) is 0 Å². The van der Waals surface area contributed by atoms with E-state index in [4.69, 9.17) is 11.6 Å². The van der Waals surface area contributed by atoms with Gasteiger partial charge in [0, 0.05) is 17.7 Å². The average Bonchev–Trinajstić information content (AvgIpc) is 2.34. The molecule has 1 N–H and O–H groups in total. The maximum atomic E-state index is 10.5. The summed E-state index contributed by atoms with van der Waals surface area (Å²) in [5.41, 5.74) is 0.860. The molecule has 0 aromatic carbocycles. The first-order chi connectivity index (χ1) is 8.61. The molecular weight excluding hydrogens is 256 g/mol. The topological polar surface area (TPSA) is 80.4 Å². The molecule has 0 saturated heterocycles. The first-order valence-electron chi connectivity index (χ1n) is 5.61. The van der Waals surface area contributed by atoms with E-state index in [1.54, 1.807) is 18.3 Å². The van der Waals surface area contributed by atoms with Crippen LogP contribution < -0.4 is 5.32 Å². The van der Waals surface area contributed by atoms with E-state index in [9.17, 15) is 10.1 Å². The van der Waals surface area contributed by atoms with Gasteiger partial charge < -0.3 is 5.32 Å². The predicted octanol–water partition coefficient (Wildman–Crippen LogP) is 1.91. The number of aliphatic imine (C=N–C) groups is 1. The lowest BCUT2D eigenvalue weighted by Crippen LogP contribution is -2.31. The van der Waals surface area contributed by atoms with Crippen LogP contribution in [0.5, 0.6) is 0 Å². The third kappa shape index (κ3) is 5.58. The van der Waals surface area contributed by atoms with Crippen molar-refractivity contribution >= 4 is 17.4 Å². The van der Waals surface area contributed by atoms with Crippen LogP contribution in [-0.4, -0.2) is 28.8 Å². The van der Waals surface area contributed by atoms with E-state index in [-0.39, 0.29) is 6.54 Å². The van der Waals surface area contributed by atoms with Crippen LogP contribution in [0, 0.1) is 10.1 Å². The van der Waals surface area contributed by atoms with Crippen molar-refractivity contribution in [2.75, 3.05) is 13.1 Å². The van der Waals surface area contributed by atoms with E-state index in [2.05, 4.69) is 15.3 Å². The smallest absolute Gasteiger partial charge is 0.259 e. The predicted molar refractivity (Wildman–Crippen MR) is 70.5 cm³/mol. The van der Waals surface area contributed by atoms with E-state index < -0.39 is 4.92 Å². The second-order valence-electron chi connectivity index (χ2n) is 3.67. The number of nitro groups is 1. The van der Waals surface area contributed by atoms with E-state index in [1.807, 2.05) is 6.92 Å². The van der Waals surface area contributed by atoms with Crippen LogP contribution in [0.2, 0.25) is 5.15 Å². The summed E-state index contributed by atoms with van der Waals surface area (Å²) in [7, 11) is 0. The molecule has 0 aliphatic carbocycles. The molecular formula is C11H15ClN4O2. The summed E-state index contributed by atoms with van der Waals surface area (Å²) in [6.07, 6.45) is 2.49. The maximum absolute atomic E-state index is 10.5. The number of halogens is 1. The minimum absolute atomic E-state index is 0.291. The Hall–Kier alpha value is -1.69. The lowest BCUT2D eigenvalue weighted by Gasteiger charge is -2.05. The van der Waals surface area contributed by atoms with Crippen molar-refractivity contribution in [2.45, 2.75) is 19.9 Å². The number of amidine groups is 1. The van der Waals surface area contributed by atoms with Gasteiger partial charge in [-0.1, -0.05) is 24.6 Å². The van der Waals surface area contributed by atoms with Crippen LogP contribution in [0.15, 0.2) is 23.3 Å². The van der Waals surface area contributed by atoms with Crippen molar-refractivity contribution in [3.8, 4) is 0 Å². The summed E-state index contributed by atoms with van der Waals surface area (Å²) in [6.45, 7) is 2.72. The van der Waals surface area contributed by atoms with Gasteiger partial charge in [-0.25, -0.2) is 4.98 Å². The minimum Gasteiger partial charge on any atom is -0.368 e. The molecule has 6 nitrogen and oxygen atoms in total. The van der Waals surface area contributed by atoms with Crippen molar-refractivity contribution in [1.29, 1.82) is 0 Å². The highest BCUT2D eigenvalue weighted by atomic mass is 35.5. The van der Waals surface area contributed by atoms with Gasteiger partial charge in [0.05, 0.1) is 6.54 Å². The number of pyridine rings is 1. The normalized spacial score (nSPS) is 11.3. The highest BCUT2D eigenvalue weighted by Gasteiger charge is 2.06. The Morgan fingerprint density at radius 3 is 2.94 bits per heavy atom. The second kappa shape index (κ2) is 7.60. The molecule has 98 valence electrons. The molecule has 1 rings (SSSR count). The molecule has 1 aromatic rings. The summed E-state index contributed by atoms with van der Waals surface area (Å²) in [5.74, 6) is 0.386. The molecule has 0 aliphatic rings. The number of rotatable bonds is 6. The summed E-state index contributed by atoms with van der Waals surface area (Å²) in [5, 5.41) is 13.8. The van der Waals surface area contributed by atoms with Gasteiger partial charge in [-0.15, -0.1) is 0 Å². The molecule has 0 fully saturated rings. The third-order valence-electron chi connectivity index (χ3n) is 2.10. The maximum Gasteiger partial charge on any atom is 0.259 e. The molecule has 0 bridgehead atoms. The quantitative estimate of drug-likeness (QED) is 0.281. The summed E-state index contributed by atoms with van der Waals surface area (Å²) in [6, 6.07) is 3.46. The fraction of sp³-hybridized carbons (Fsp3) is 0.455. The highest BCUT2D eigenvalue weighted by molar-refractivity contribution is 6.29. The van der Waals surface area contributed by atoms with Crippen molar-refractivity contribution in [3.63, 3.8) is 0 Å². The van der Waals surface area contributed by atoms with Gasteiger partial charge in [0.2, 0.25) is 0 Å². The fourth-order valence-corrected chi connectivity index (χ4v) is 1.35.